The van der Waals surface area contributed by atoms with Crippen molar-refractivity contribution in [1.29, 1.82) is 0 Å². The molecular weight excluding hydrogens is 232 g/mol. The van der Waals surface area contributed by atoms with Crippen molar-refractivity contribution in [2.75, 3.05) is 0 Å². The third-order valence-corrected chi connectivity index (χ3v) is 2.39. The largest absolute Gasteiger partial charge is 0.425 e. The van der Waals surface area contributed by atoms with E-state index in [0.717, 1.165) is 11.5 Å². The maximum Gasteiger partial charge on any atom is 0.335 e. The molecule has 2 aromatic carbocycles. The Morgan fingerprint density at radius 1 is 1.17 bits per heavy atom. The van der Waals surface area contributed by atoms with Gasteiger partial charge in [0.05, 0.1) is 0 Å². The summed E-state index contributed by atoms with van der Waals surface area (Å²) >= 11 is 0. The van der Waals surface area contributed by atoms with Crippen LogP contribution >= 0.6 is 0 Å². The summed E-state index contributed by atoms with van der Waals surface area (Å²) in [5, 5.41) is 1.56. The van der Waals surface area contributed by atoms with Crippen molar-refractivity contribution in [3.05, 3.63) is 49.1 Å². The highest BCUT2D eigenvalue weighted by Gasteiger charge is 2.12. The first-order valence-corrected chi connectivity index (χ1v) is 5.22. The molecular formula is C14H10O4. The first-order valence-electron chi connectivity index (χ1n) is 5.22. The predicted molar refractivity (Wildman–Crippen MR) is 66.5 cm³/mol. The molecule has 0 aliphatic carbocycles. The molecule has 4 nitrogen and oxygen atoms in total. The minimum Gasteiger partial charge on any atom is -0.425 e. The third-order valence-electron chi connectivity index (χ3n) is 2.39. The first kappa shape index (κ1) is 11.9. The van der Waals surface area contributed by atoms with Gasteiger partial charge in [0.25, 0.3) is 6.47 Å². The van der Waals surface area contributed by atoms with Gasteiger partial charge in [0.2, 0.25) is 0 Å². The van der Waals surface area contributed by atoms with E-state index in [1.165, 1.54) is 0 Å². The molecule has 0 heterocycles. The number of carbonyl (C=O) groups is 2. The molecule has 0 aliphatic heterocycles. The van der Waals surface area contributed by atoms with E-state index in [4.69, 9.17) is 9.47 Å². The van der Waals surface area contributed by atoms with Crippen molar-refractivity contribution >= 4 is 23.2 Å². The van der Waals surface area contributed by atoms with Crippen LogP contribution in [0.1, 0.15) is 0 Å². The zero-order valence-electron chi connectivity index (χ0n) is 9.46. The smallest absolute Gasteiger partial charge is 0.335 e. The van der Waals surface area contributed by atoms with Crippen LogP contribution in [0.5, 0.6) is 11.5 Å². The molecule has 18 heavy (non-hydrogen) atoms. The molecule has 0 aromatic heterocycles. The summed E-state index contributed by atoms with van der Waals surface area (Å²) in [7, 11) is 0. The van der Waals surface area contributed by atoms with Gasteiger partial charge in [-0.1, -0.05) is 36.9 Å². The van der Waals surface area contributed by atoms with Gasteiger partial charge >= 0.3 is 5.97 Å². The Labute approximate surface area is 103 Å². The molecule has 0 unspecified atom stereocenters. The van der Waals surface area contributed by atoms with Gasteiger partial charge in [0.15, 0.2) is 11.5 Å². The number of hydrogen-bond acceptors (Lipinski definition) is 4. The lowest BCUT2D eigenvalue weighted by Crippen LogP contribution is -2.05. The lowest BCUT2D eigenvalue weighted by Gasteiger charge is -2.10. The molecule has 4 heteroatoms. The Balaban J connectivity index is 2.61. The number of ether oxygens (including phenoxy) is 2. The zero-order valence-corrected chi connectivity index (χ0v) is 9.46. The first-order chi connectivity index (χ1) is 8.76. The van der Waals surface area contributed by atoms with Gasteiger partial charge in [-0.15, -0.1) is 0 Å². The minimum absolute atomic E-state index is 0.193. The lowest BCUT2D eigenvalue weighted by atomic mass is 10.1. The summed E-state index contributed by atoms with van der Waals surface area (Å²) in [4.78, 5) is 21.7. The Morgan fingerprint density at radius 2 is 1.94 bits per heavy atom. The molecule has 0 saturated carbocycles. The molecule has 0 radical (unpaired) electrons. The monoisotopic (exact) mass is 242 g/mol. The second-order valence-corrected chi connectivity index (χ2v) is 3.45. The van der Waals surface area contributed by atoms with Crippen molar-refractivity contribution in [1.82, 2.24) is 0 Å². The van der Waals surface area contributed by atoms with Gasteiger partial charge in [0.1, 0.15) is 0 Å². The van der Waals surface area contributed by atoms with Crippen molar-refractivity contribution in [2.45, 2.75) is 0 Å². The number of hydrogen-bond donors (Lipinski definition) is 0. The van der Waals surface area contributed by atoms with Crippen LogP contribution in [0.15, 0.2) is 49.1 Å². The van der Waals surface area contributed by atoms with Crippen molar-refractivity contribution < 1.29 is 19.1 Å². The van der Waals surface area contributed by atoms with E-state index < -0.39 is 5.97 Å². The van der Waals surface area contributed by atoms with Crippen LogP contribution in [0.4, 0.5) is 0 Å². The number of esters is 1. The standard InChI is InChI=1S/C14H10O4/c1-2-13(16)18-14-11-6-4-3-5-10(11)7-8-12(14)17-9-15/h2-9H,1H2. The number of carbonyl (C=O) groups excluding carboxylic acids is 2. The average Bonchev–Trinajstić information content (AvgIpc) is 2.41. The highest BCUT2D eigenvalue weighted by atomic mass is 16.6. The summed E-state index contributed by atoms with van der Waals surface area (Å²) in [6.45, 7) is 3.61. The Kier molecular flexibility index (Phi) is 3.38. The summed E-state index contributed by atoms with van der Waals surface area (Å²) in [6, 6.07) is 10.7. The summed E-state index contributed by atoms with van der Waals surface area (Å²) in [5.41, 5.74) is 0. The number of fused-ring (bicyclic) bond motifs is 1. The Hall–Kier alpha value is -2.62. The van der Waals surface area contributed by atoms with Crippen LogP contribution in [-0.2, 0) is 9.59 Å². The lowest BCUT2D eigenvalue weighted by molar-refractivity contribution is -0.129. The third kappa shape index (κ3) is 2.22. The quantitative estimate of drug-likeness (QED) is 0.357. The van der Waals surface area contributed by atoms with Crippen LogP contribution < -0.4 is 9.47 Å². The van der Waals surface area contributed by atoms with Crippen LogP contribution in [0.25, 0.3) is 10.8 Å². The fraction of sp³-hybridized carbons (Fsp3) is 0. The van der Waals surface area contributed by atoms with Crippen molar-refractivity contribution in [3.8, 4) is 11.5 Å². The molecule has 0 N–H and O–H groups in total. The molecule has 0 aliphatic rings. The predicted octanol–water partition coefficient (Wildman–Crippen LogP) is 2.47. The summed E-state index contributed by atoms with van der Waals surface area (Å²) in [6.07, 6.45) is 1.05. The molecule has 0 spiro atoms. The van der Waals surface area contributed by atoms with Gasteiger partial charge in [-0.3, -0.25) is 4.79 Å². The van der Waals surface area contributed by atoms with Crippen molar-refractivity contribution in [3.63, 3.8) is 0 Å². The Morgan fingerprint density at radius 3 is 2.67 bits per heavy atom. The highest BCUT2D eigenvalue weighted by Crippen LogP contribution is 2.35. The summed E-state index contributed by atoms with van der Waals surface area (Å²) in [5.74, 6) is -0.203. The van der Waals surface area contributed by atoms with Gasteiger partial charge in [0, 0.05) is 11.5 Å². The van der Waals surface area contributed by atoms with E-state index in [1.54, 1.807) is 24.3 Å². The minimum atomic E-state index is -0.609. The molecule has 0 saturated heterocycles. The normalized spacial score (nSPS) is 9.78. The SMILES string of the molecule is C=CC(=O)Oc1c(OC=O)ccc2ccccc12. The molecule has 90 valence electrons. The number of rotatable bonds is 4. The van der Waals surface area contributed by atoms with E-state index in [1.807, 2.05) is 12.1 Å². The fourth-order valence-corrected chi connectivity index (χ4v) is 1.62. The van der Waals surface area contributed by atoms with Gasteiger partial charge in [-0.2, -0.15) is 0 Å². The average molecular weight is 242 g/mol. The maximum absolute atomic E-state index is 11.3. The van der Waals surface area contributed by atoms with Crippen LogP contribution in [-0.4, -0.2) is 12.4 Å². The molecule has 2 aromatic rings. The van der Waals surface area contributed by atoms with Gasteiger partial charge < -0.3 is 9.47 Å². The van der Waals surface area contributed by atoms with Crippen molar-refractivity contribution in [2.24, 2.45) is 0 Å². The van der Waals surface area contributed by atoms with Gasteiger partial charge in [-0.25, -0.2) is 4.79 Å². The van der Waals surface area contributed by atoms with Gasteiger partial charge in [-0.05, 0) is 11.5 Å². The van der Waals surface area contributed by atoms with E-state index in [9.17, 15) is 9.59 Å². The van der Waals surface area contributed by atoms with E-state index >= 15 is 0 Å². The fourth-order valence-electron chi connectivity index (χ4n) is 1.62. The zero-order chi connectivity index (χ0) is 13.0. The molecule has 2 rings (SSSR count). The molecule has 0 amide bonds. The van der Waals surface area contributed by atoms with E-state index in [0.29, 0.717) is 5.39 Å². The molecule has 0 bridgehead atoms. The Bertz CT molecular complexity index is 616. The van der Waals surface area contributed by atoms with Crippen LogP contribution in [0.2, 0.25) is 0 Å². The van der Waals surface area contributed by atoms with Crippen LogP contribution in [0.3, 0.4) is 0 Å². The highest BCUT2D eigenvalue weighted by molar-refractivity contribution is 5.94. The van der Waals surface area contributed by atoms with Crippen LogP contribution in [0, 0.1) is 0 Å². The second-order valence-electron chi connectivity index (χ2n) is 3.45. The maximum atomic E-state index is 11.3. The molecule has 0 atom stereocenters. The summed E-state index contributed by atoms with van der Waals surface area (Å²) < 4.78 is 9.92. The van der Waals surface area contributed by atoms with E-state index in [2.05, 4.69) is 6.58 Å². The van der Waals surface area contributed by atoms with E-state index in [-0.39, 0.29) is 18.0 Å². The molecule has 0 fully saturated rings. The second kappa shape index (κ2) is 5.14. The number of benzene rings is 2. The topological polar surface area (TPSA) is 52.6 Å².